The molecule has 0 aliphatic carbocycles. The molecular weight excluding hydrogens is 264 g/mol. The van der Waals surface area contributed by atoms with Crippen molar-refractivity contribution in [3.05, 3.63) is 27.9 Å². The van der Waals surface area contributed by atoms with Gasteiger partial charge in [-0.15, -0.1) is 11.3 Å². The second-order valence-electron chi connectivity index (χ2n) is 2.76. The molecule has 1 N–H and O–H groups in total. The highest BCUT2D eigenvalue weighted by molar-refractivity contribution is 9.10. The number of aromatic nitrogens is 1. The smallest absolute Gasteiger partial charge is 0.176 e. The van der Waals surface area contributed by atoms with E-state index in [-0.39, 0.29) is 0 Å². The fraction of sp³-hybridized carbons (Fsp3) is 0.222. The molecule has 0 radical (unpaired) electrons. The highest BCUT2D eigenvalue weighted by Gasteiger charge is 2.10. The van der Waals surface area contributed by atoms with Crippen molar-refractivity contribution in [2.75, 3.05) is 7.05 Å². The zero-order chi connectivity index (χ0) is 9.97. The Morgan fingerprint density at radius 1 is 1.64 bits per heavy atom. The molecule has 2 aromatic rings. The molecule has 5 heteroatoms. The van der Waals surface area contributed by atoms with Gasteiger partial charge in [-0.1, -0.05) is 0 Å². The van der Waals surface area contributed by atoms with Gasteiger partial charge in [0, 0.05) is 17.6 Å². The predicted molar refractivity (Wildman–Crippen MR) is 60.3 cm³/mol. The summed E-state index contributed by atoms with van der Waals surface area (Å²) < 4.78 is 6.27. The van der Waals surface area contributed by atoms with E-state index in [2.05, 4.69) is 26.2 Å². The van der Waals surface area contributed by atoms with Crippen molar-refractivity contribution in [1.29, 1.82) is 0 Å². The summed E-state index contributed by atoms with van der Waals surface area (Å²) in [7, 11) is 1.92. The topological polar surface area (TPSA) is 38.1 Å². The van der Waals surface area contributed by atoms with Gasteiger partial charge in [0.05, 0.1) is 10.7 Å². The number of nitrogens with one attached hydrogen (secondary N) is 1. The van der Waals surface area contributed by atoms with Gasteiger partial charge < -0.3 is 9.73 Å². The van der Waals surface area contributed by atoms with Gasteiger partial charge in [0.25, 0.3) is 0 Å². The number of halogens is 1. The van der Waals surface area contributed by atoms with Crippen molar-refractivity contribution >= 4 is 27.3 Å². The van der Waals surface area contributed by atoms with Gasteiger partial charge >= 0.3 is 0 Å². The second-order valence-corrected chi connectivity index (χ2v) is 4.73. The third-order valence-corrected chi connectivity index (χ3v) is 3.34. The summed E-state index contributed by atoms with van der Waals surface area (Å²) >= 11 is 5.04. The number of thiazole rings is 1. The zero-order valence-electron chi connectivity index (χ0n) is 7.58. The molecule has 2 heterocycles. The summed E-state index contributed by atoms with van der Waals surface area (Å²) in [4.78, 5) is 5.49. The first-order chi connectivity index (χ1) is 6.81. The molecule has 0 unspecified atom stereocenters. The van der Waals surface area contributed by atoms with Crippen LogP contribution >= 0.6 is 27.3 Å². The van der Waals surface area contributed by atoms with E-state index in [4.69, 9.17) is 4.42 Å². The molecule has 2 aromatic heterocycles. The Morgan fingerprint density at radius 3 is 3.14 bits per heavy atom. The van der Waals surface area contributed by atoms with E-state index in [1.165, 1.54) is 4.88 Å². The molecule has 0 saturated carbocycles. The number of hydrogen-bond acceptors (Lipinski definition) is 4. The van der Waals surface area contributed by atoms with Crippen LogP contribution in [0.2, 0.25) is 0 Å². The van der Waals surface area contributed by atoms with Crippen LogP contribution in [0.1, 0.15) is 4.88 Å². The first-order valence-corrected chi connectivity index (χ1v) is 5.75. The Morgan fingerprint density at radius 2 is 2.50 bits per heavy atom. The normalized spacial score (nSPS) is 10.7. The van der Waals surface area contributed by atoms with Crippen LogP contribution in [0.3, 0.4) is 0 Å². The van der Waals surface area contributed by atoms with Gasteiger partial charge in [-0.25, -0.2) is 4.98 Å². The Balaban J connectivity index is 2.29. The molecule has 0 fully saturated rings. The minimum absolute atomic E-state index is 0.803. The number of nitrogens with zero attached hydrogens (tertiary/aromatic N) is 1. The zero-order valence-corrected chi connectivity index (χ0v) is 9.98. The molecule has 74 valence electrons. The monoisotopic (exact) mass is 272 g/mol. The van der Waals surface area contributed by atoms with Crippen molar-refractivity contribution in [3.63, 3.8) is 0 Å². The summed E-state index contributed by atoms with van der Waals surface area (Å²) in [6, 6.07) is 1.87. The maximum Gasteiger partial charge on any atom is 0.176 e. The Bertz CT molecular complexity index is 424. The van der Waals surface area contributed by atoms with Gasteiger partial charge in [-0.3, -0.25) is 0 Å². The number of hydrogen-bond donors (Lipinski definition) is 1. The Hall–Kier alpha value is -0.650. The van der Waals surface area contributed by atoms with Crippen LogP contribution in [0, 0.1) is 0 Å². The molecule has 3 nitrogen and oxygen atoms in total. The van der Waals surface area contributed by atoms with Crippen LogP contribution in [0.25, 0.3) is 10.8 Å². The molecule has 0 amide bonds. The van der Waals surface area contributed by atoms with Gasteiger partial charge in [-0.2, -0.15) is 0 Å². The van der Waals surface area contributed by atoms with Crippen LogP contribution in [0.15, 0.2) is 27.4 Å². The molecule has 0 aromatic carbocycles. The third-order valence-electron chi connectivity index (χ3n) is 1.72. The van der Waals surface area contributed by atoms with E-state index < -0.39 is 0 Å². The van der Waals surface area contributed by atoms with Crippen molar-refractivity contribution in [3.8, 4) is 10.8 Å². The van der Waals surface area contributed by atoms with Crippen molar-refractivity contribution in [2.45, 2.75) is 6.54 Å². The highest BCUT2D eigenvalue weighted by Crippen LogP contribution is 2.32. The Kier molecular flexibility index (Phi) is 3.00. The SMILES string of the molecule is CNCc1cnc(-c2occc2Br)s1. The quantitative estimate of drug-likeness (QED) is 0.934. The molecule has 2 rings (SSSR count). The van der Waals surface area contributed by atoms with Crippen molar-refractivity contribution in [1.82, 2.24) is 10.3 Å². The Labute approximate surface area is 94.3 Å². The fourth-order valence-electron chi connectivity index (χ4n) is 1.11. The third kappa shape index (κ3) is 1.89. The van der Waals surface area contributed by atoms with Crippen LogP contribution < -0.4 is 5.32 Å². The first-order valence-electron chi connectivity index (χ1n) is 4.14. The number of furan rings is 1. The fourth-order valence-corrected chi connectivity index (χ4v) is 2.56. The maximum absolute atomic E-state index is 5.32. The summed E-state index contributed by atoms with van der Waals surface area (Å²) in [6.07, 6.45) is 3.52. The molecule has 0 spiro atoms. The summed E-state index contributed by atoms with van der Waals surface area (Å²) in [6.45, 7) is 0.843. The van der Waals surface area contributed by atoms with Gasteiger partial charge in [0.15, 0.2) is 10.8 Å². The molecule has 0 aliphatic heterocycles. The summed E-state index contributed by atoms with van der Waals surface area (Å²) in [5, 5.41) is 3.99. The van der Waals surface area contributed by atoms with Crippen LogP contribution in [-0.4, -0.2) is 12.0 Å². The van der Waals surface area contributed by atoms with E-state index >= 15 is 0 Å². The largest absolute Gasteiger partial charge is 0.461 e. The average molecular weight is 273 g/mol. The van der Waals surface area contributed by atoms with Crippen molar-refractivity contribution < 1.29 is 4.42 Å². The first kappa shape index (κ1) is 9.89. The lowest BCUT2D eigenvalue weighted by Gasteiger charge is -1.91. The number of rotatable bonds is 3. The average Bonchev–Trinajstić information content (AvgIpc) is 2.74. The summed E-state index contributed by atoms with van der Waals surface area (Å²) in [5.74, 6) is 0.803. The van der Waals surface area contributed by atoms with Crippen LogP contribution in [-0.2, 0) is 6.54 Å². The minimum Gasteiger partial charge on any atom is -0.461 e. The maximum atomic E-state index is 5.32. The second kappa shape index (κ2) is 4.25. The molecule has 0 atom stereocenters. The lowest BCUT2D eigenvalue weighted by molar-refractivity contribution is 0.580. The highest BCUT2D eigenvalue weighted by atomic mass is 79.9. The van der Waals surface area contributed by atoms with E-state index in [1.54, 1.807) is 17.6 Å². The predicted octanol–water partition coefficient (Wildman–Crippen LogP) is 2.89. The van der Waals surface area contributed by atoms with E-state index in [1.807, 2.05) is 19.3 Å². The van der Waals surface area contributed by atoms with Crippen molar-refractivity contribution in [2.24, 2.45) is 0 Å². The molecule has 0 saturated heterocycles. The standard InChI is InChI=1S/C9H9BrN2OS/c1-11-4-6-5-12-9(14-6)8-7(10)2-3-13-8/h2-3,5,11H,4H2,1H3. The van der Waals surface area contributed by atoms with Crippen LogP contribution in [0.5, 0.6) is 0 Å². The van der Waals surface area contributed by atoms with Gasteiger partial charge in [0.2, 0.25) is 0 Å². The lowest BCUT2D eigenvalue weighted by atomic mass is 10.5. The molecule has 0 bridgehead atoms. The lowest BCUT2D eigenvalue weighted by Crippen LogP contribution is -2.02. The van der Waals surface area contributed by atoms with Gasteiger partial charge in [0.1, 0.15) is 0 Å². The van der Waals surface area contributed by atoms with E-state index in [9.17, 15) is 0 Å². The summed E-state index contributed by atoms with van der Waals surface area (Å²) in [5.41, 5.74) is 0. The van der Waals surface area contributed by atoms with Gasteiger partial charge in [-0.05, 0) is 29.0 Å². The van der Waals surface area contributed by atoms with Crippen LogP contribution in [0.4, 0.5) is 0 Å². The molecule has 0 aliphatic rings. The molecule has 14 heavy (non-hydrogen) atoms. The minimum atomic E-state index is 0.803. The van der Waals surface area contributed by atoms with E-state index in [0.717, 1.165) is 21.8 Å². The van der Waals surface area contributed by atoms with E-state index in [0.29, 0.717) is 0 Å². The molecular formula is C9H9BrN2OS.